The predicted molar refractivity (Wildman–Crippen MR) is 70.2 cm³/mol. The van der Waals surface area contributed by atoms with Gasteiger partial charge >= 0.3 is 0 Å². The van der Waals surface area contributed by atoms with Crippen LogP contribution in [0.3, 0.4) is 0 Å². The van der Waals surface area contributed by atoms with Crippen molar-refractivity contribution in [3.05, 3.63) is 47.2 Å². The summed E-state index contributed by atoms with van der Waals surface area (Å²) in [5.41, 5.74) is 1.86. The minimum Gasteiger partial charge on any atom is -0.495 e. The number of anilines is 2. The molecule has 1 aromatic carbocycles. The van der Waals surface area contributed by atoms with Crippen LogP contribution in [0.15, 0.2) is 36.5 Å². The van der Waals surface area contributed by atoms with Gasteiger partial charge in [-0.2, -0.15) is 5.26 Å². The van der Waals surface area contributed by atoms with Crippen LogP contribution in [-0.2, 0) is 0 Å². The second-order valence-electron chi connectivity index (χ2n) is 3.49. The zero-order chi connectivity index (χ0) is 13.0. The van der Waals surface area contributed by atoms with Crippen LogP contribution in [0.25, 0.3) is 0 Å². The summed E-state index contributed by atoms with van der Waals surface area (Å²) in [6.45, 7) is 0. The van der Waals surface area contributed by atoms with Crippen molar-refractivity contribution >= 4 is 23.0 Å². The molecule has 2 rings (SSSR count). The van der Waals surface area contributed by atoms with Gasteiger partial charge in [0.25, 0.3) is 0 Å². The molecular formula is C13H10ClN3O. The Kier molecular flexibility index (Phi) is 3.66. The van der Waals surface area contributed by atoms with Crippen molar-refractivity contribution < 1.29 is 4.74 Å². The van der Waals surface area contributed by atoms with Gasteiger partial charge in [-0.25, -0.2) is 4.98 Å². The molecule has 0 saturated carbocycles. The second-order valence-corrected chi connectivity index (χ2v) is 3.87. The van der Waals surface area contributed by atoms with Gasteiger partial charge in [0.15, 0.2) is 0 Å². The molecule has 0 bridgehead atoms. The molecule has 5 heteroatoms. The Labute approximate surface area is 110 Å². The van der Waals surface area contributed by atoms with E-state index in [1.54, 1.807) is 43.6 Å². The molecule has 90 valence electrons. The number of methoxy groups -OCH3 is 1. The molecule has 0 radical (unpaired) electrons. The molecule has 4 nitrogen and oxygen atoms in total. The number of nitrogens with zero attached hydrogens (tertiary/aromatic N) is 2. The van der Waals surface area contributed by atoms with E-state index in [4.69, 9.17) is 21.6 Å². The fourth-order valence-corrected chi connectivity index (χ4v) is 1.72. The lowest BCUT2D eigenvalue weighted by molar-refractivity contribution is 0.416. The maximum absolute atomic E-state index is 9.09. The van der Waals surface area contributed by atoms with E-state index < -0.39 is 0 Å². The number of hydrogen-bond acceptors (Lipinski definition) is 4. The minimum atomic E-state index is 0.383. The van der Waals surface area contributed by atoms with Gasteiger partial charge in [-0.1, -0.05) is 17.7 Å². The molecule has 1 N–H and O–H groups in total. The van der Waals surface area contributed by atoms with Crippen LogP contribution in [0.1, 0.15) is 5.56 Å². The lowest BCUT2D eigenvalue weighted by Crippen LogP contribution is -1.97. The number of halogens is 1. The number of para-hydroxylation sites is 1. The summed E-state index contributed by atoms with van der Waals surface area (Å²) in [4.78, 5) is 3.90. The van der Waals surface area contributed by atoms with Gasteiger partial charge < -0.3 is 10.1 Å². The Balaban J connectivity index is 2.42. The van der Waals surface area contributed by atoms with Crippen LogP contribution in [-0.4, -0.2) is 12.1 Å². The maximum atomic E-state index is 9.09. The van der Waals surface area contributed by atoms with E-state index in [1.165, 1.54) is 0 Å². The molecule has 0 spiro atoms. The van der Waals surface area contributed by atoms with E-state index in [0.29, 0.717) is 22.2 Å². The molecule has 0 fully saturated rings. The summed E-state index contributed by atoms with van der Waals surface area (Å²) in [5.74, 6) is 0.599. The van der Waals surface area contributed by atoms with Crippen molar-refractivity contribution in [3.8, 4) is 11.8 Å². The number of pyridine rings is 1. The highest BCUT2D eigenvalue weighted by Gasteiger charge is 2.09. The molecule has 0 unspecified atom stereocenters. The first-order valence-electron chi connectivity index (χ1n) is 5.20. The number of nitrogens with one attached hydrogen (secondary N) is 1. The number of hydrogen-bond donors (Lipinski definition) is 1. The summed E-state index contributed by atoms with van der Waals surface area (Å²) in [6.07, 6.45) is 1.59. The Morgan fingerprint density at radius 3 is 2.89 bits per heavy atom. The van der Waals surface area contributed by atoms with Crippen molar-refractivity contribution in [2.75, 3.05) is 12.4 Å². The number of nitriles is 1. The highest BCUT2D eigenvalue weighted by atomic mass is 35.5. The van der Waals surface area contributed by atoms with Crippen molar-refractivity contribution in [2.45, 2.75) is 0 Å². The van der Waals surface area contributed by atoms with Gasteiger partial charge in [-0.15, -0.1) is 0 Å². The van der Waals surface area contributed by atoms with Crippen molar-refractivity contribution in [3.63, 3.8) is 0 Å². The molecule has 0 saturated heterocycles. The van der Waals surface area contributed by atoms with E-state index in [0.717, 1.165) is 5.69 Å². The van der Waals surface area contributed by atoms with Crippen molar-refractivity contribution in [1.82, 2.24) is 4.98 Å². The topological polar surface area (TPSA) is 57.9 Å². The van der Waals surface area contributed by atoms with Gasteiger partial charge in [0.2, 0.25) is 0 Å². The smallest absolute Gasteiger partial charge is 0.143 e. The number of rotatable bonds is 3. The lowest BCUT2D eigenvalue weighted by Gasteiger charge is -2.12. The summed E-state index contributed by atoms with van der Waals surface area (Å²) >= 11 is 5.81. The predicted octanol–water partition coefficient (Wildman–Crippen LogP) is 3.36. The highest BCUT2D eigenvalue weighted by molar-refractivity contribution is 6.29. The average molecular weight is 260 g/mol. The molecule has 2 aromatic rings. The van der Waals surface area contributed by atoms with Gasteiger partial charge in [0.1, 0.15) is 17.0 Å². The van der Waals surface area contributed by atoms with E-state index >= 15 is 0 Å². The largest absolute Gasteiger partial charge is 0.495 e. The third-order valence-corrected chi connectivity index (χ3v) is 2.57. The van der Waals surface area contributed by atoms with Gasteiger partial charge in [-0.05, 0) is 24.3 Å². The van der Waals surface area contributed by atoms with Crippen molar-refractivity contribution in [1.29, 1.82) is 5.26 Å². The second kappa shape index (κ2) is 5.39. The van der Waals surface area contributed by atoms with Gasteiger partial charge in [0, 0.05) is 11.9 Å². The molecule has 0 amide bonds. The molecule has 1 aromatic heterocycles. The Morgan fingerprint density at radius 1 is 1.39 bits per heavy atom. The summed E-state index contributed by atoms with van der Waals surface area (Å²) in [5, 5.41) is 12.6. The summed E-state index contributed by atoms with van der Waals surface area (Å²) in [6, 6.07) is 10.8. The first-order chi connectivity index (χ1) is 8.74. The molecule has 0 aliphatic heterocycles. The lowest BCUT2D eigenvalue weighted by atomic mass is 10.1. The first kappa shape index (κ1) is 12.2. The molecule has 0 aliphatic carbocycles. The number of aromatic nitrogens is 1. The molecular weight excluding hydrogens is 250 g/mol. The number of ether oxygens (including phenoxy) is 1. The standard InChI is InChI=1S/C13H10ClN3O/c1-18-11-4-2-3-9(8-15)13(11)17-10-5-6-16-12(14)7-10/h2-7H,1H3,(H,16,17). The SMILES string of the molecule is COc1cccc(C#N)c1Nc1ccnc(Cl)c1. The van der Waals surface area contributed by atoms with Crippen LogP contribution < -0.4 is 10.1 Å². The highest BCUT2D eigenvalue weighted by Crippen LogP contribution is 2.31. The molecule has 1 heterocycles. The van der Waals surface area contributed by atoms with Crippen molar-refractivity contribution in [2.24, 2.45) is 0 Å². The third kappa shape index (κ3) is 2.53. The zero-order valence-corrected chi connectivity index (χ0v) is 10.4. The van der Waals surface area contributed by atoms with Crippen LogP contribution in [0.2, 0.25) is 5.15 Å². The van der Waals surface area contributed by atoms with Crippen LogP contribution >= 0.6 is 11.6 Å². The number of benzene rings is 1. The van der Waals surface area contributed by atoms with E-state index in [1.807, 2.05) is 0 Å². The average Bonchev–Trinajstić information content (AvgIpc) is 2.39. The fraction of sp³-hybridized carbons (Fsp3) is 0.0769. The molecule has 0 aliphatic rings. The van der Waals surface area contributed by atoms with Crippen LogP contribution in [0, 0.1) is 11.3 Å². The van der Waals surface area contributed by atoms with E-state index in [-0.39, 0.29) is 0 Å². The van der Waals surface area contributed by atoms with E-state index in [9.17, 15) is 0 Å². The zero-order valence-electron chi connectivity index (χ0n) is 9.64. The summed E-state index contributed by atoms with van der Waals surface area (Å²) in [7, 11) is 1.56. The first-order valence-corrected chi connectivity index (χ1v) is 5.58. The van der Waals surface area contributed by atoms with Crippen LogP contribution in [0.5, 0.6) is 5.75 Å². The van der Waals surface area contributed by atoms with Gasteiger partial charge in [0.05, 0.1) is 18.4 Å². The molecule has 18 heavy (non-hydrogen) atoms. The quantitative estimate of drug-likeness (QED) is 0.859. The maximum Gasteiger partial charge on any atom is 0.143 e. The Bertz CT molecular complexity index is 607. The fourth-order valence-electron chi connectivity index (χ4n) is 1.55. The third-order valence-electron chi connectivity index (χ3n) is 2.36. The monoisotopic (exact) mass is 259 g/mol. The summed E-state index contributed by atoms with van der Waals surface area (Å²) < 4.78 is 5.23. The normalized spacial score (nSPS) is 9.61. The van der Waals surface area contributed by atoms with Gasteiger partial charge in [-0.3, -0.25) is 0 Å². The van der Waals surface area contributed by atoms with E-state index in [2.05, 4.69) is 16.4 Å². The Morgan fingerprint density at radius 2 is 2.22 bits per heavy atom. The minimum absolute atomic E-state index is 0.383. The molecule has 0 atom stereocenters. The van der Waals surface area contributed by atoms with Crippen LogP contribution in [0.4, 0.5) is 11.4 Å². The Hall–Kier alpha value is -2.25.